The summed E-state index contributed by atoms with van der Waals surface area (Å²) in [6.07, 6.45) is 0. The van der Waals surface area contributed by atoms with Crippen molar-refractivity contribution in [2.24, 2.45) is 0 Å². The van der Waals surface area contributed by atoms with Crippen LogP contribution in [0.4, 0.5) is 11.4 Å². The lowest BCUT2D eigenvalue weighted by Gasteiger charge is -2.18. The summed E-state index contributed by atoms with van der Waals surface area (Å²) in [6, 6.07) is 9.44. The second-order valence-corrected chi connectivity index (χ2v) is 6.08. The van der Waals surface area contributed by atoms with E-state index in [2.05, 4.69) is 10.6 Å². The van der Waals surface area contributed by atoms with Gasteiger partial charge in [-0.2, -0.15) is 0 Å². The summed E-state index contributed by atoms with van der Waals surface area (Å²) in [5.74, 6) is -0.0805. The number of methoxy groups -OCH3 is 1. The van der Waals surface area contributed by atoms with E-state index < -0.39 is 18.5 Å². The maximum atomic E-state index is 12.2. The molecule has 3 rings (SSSR count). The molecular weight excluding hydrogens is 380 g/mol. The van der Waals surface area contributed by atoms with Crippen LogP contribution >= 0.6 is 0 Å². The van der Waals surface area contributed by atoms with Gasteiger partial charge in [-0.3, -0.25) is 9.59 Å². The Labute approximate surface area is 166 Å². The number of rotatable bonds is 6. The lowest BCUT2D eigenvalue weighted by Crippen LogP contribution is -2.21. The Morgan fingerprint density at radius 3 is 2.48 bits per heavy atom. The van der Waals surface area contributed by atoms with Crippen LogP contribution in [0.1, 0.15) is 17.3 Å². The summed E-state index contributed by atoms with van der Waals surface area (Å²) in [4.78, 5) is 35.6. The lowest BCUT2D eigenvalue weighted by atomic mass is 10.2. The van der Waals surface area contributed by atoms with Crippen molar-refractivity contribution in [3.63, 3.8) is 0 Å². The summed E-state index contributed by atoms with van der Waals surface area (Å²) in [6.45, 7) is 1.72. The van der Waals surface area contributed by atoms with Crippen molar-refractivity contribution >= 4 is 29.2 Å². The van der Waals surface area contributed by atoms with E-state index in [4.69, 9.17) is 18.9 Å². The van der Waals surface area contributed by atoms with Crippen LogP contribution in [0.15, 0.2) is 36.4 Å². The Balaban J connectivity index is 1.61. The second kappa shape index (κ2) is 8.96. The fourth-order valence-electron chi connectivity index (χ4n) is 2.66. The molecule has 0 fully saturated rings. The van der Waals surface area contributed by atoms with Crippen LogP contribution in [0, 0.1) is 0 Å². The van der Waals surface area contributed by atoms with E-state index in [9.17, 15) is 14.4 Å². The first-order valence-electron chi connectivity index (χ1n) is 8.78. The molecule has 2 N–H and O–H groups in total. The number of nitrogens with one attached hydrogen (secondary N) is 2. The predicted octanol–water partition coefficient (Wildman–Crippen LogP) is 2.22. The average Bonchev–Trinajstić information content (AvgIpc) is 2.71. The zero-order valence-electron chi connectivity index (χ0n) is 15.9. The third-order valence-electron chi connectivity index (χ3n) is 3.91. The van der Waals surface area contributed by atoms with Crippen molar-refractivity contribution in [2.45, 2.75) is 6.92 Å². The Kier molecular flexibility index (Phi) is 6.18. The molecule has 1 aliphatic rings. The number of carbonyl (C=O) groups is 3. The van der Waals surface area contributed by atoms with E-state index >= 15 is 0 Å². The molecule has 0 bridgehead atoms. The van der Waals surface area contributed by atoms with Gasteiger partial charge < -0.3 is 29.6 Å². The van der Waals surface area contributed by atoms with Gasteiger partial charge in [0.25, 0.3) is 5.91 Å². The number of benzene rings is 2. The molecule has 2 aromatic rings. The van der Waals surface area contributed by atoms with Gasteiger partial charge in [0.2, 0.25) is 5.91 Å². The highest BCUT2D eigenvalue weighted by Gasteiger charge is 2.17. The van der Waals surface area contributed by atoms with E-state index in [0.717, 1.165) is 0 Å². The number of ether oxygens (including phenoxy) is 4. The summed E-state index contributed by atoms with van der Waals surface area (Å²) in [5.41, 5.74) is 1.06. The molecule has 0 unspecified atom stereocenters. The molecule has 9 nitrogen and oxygen atoms in total. The minimum absolute atomic E-state index is 0.243. The van der Waals surface area contributed by atoms with Gasteiger partial charge in [0.15, 0.2) is 18.1 Å². The lowest BCUT2D eigenvalue weighted by molar-refractivity contribution is -0.119. The molecule has 1 aliphatic heterocycles. The number of hydrogen-bond donors (Lipinski definition) is 2. The maximum Gasteiger partial charge on any atom is 0.338 e. The van der Waals surface area contributed by atoms with E-state index in [1.165, 1.54) is 26.2 Å². The minimum Gasteiger partial charge on any atom is -0.495 e. The fraction of sp³-hybridized carbons (Fsp3) is 0.250. The molecule has 0 aromatic heterocycles. The molecule has 0 aliphatic carbocycles. The zero-order valence-corrected chi connectivity index (χ0v) is 15.9. The van der Waals surface area contributed by atoms with Crippen molar-refractivity contribution in [2.75, 3.05) is 37.6 Å². The van der Waals surface area contributed by atoms with Gasteiger partial charge >= 0.3 is 5.97 Å². The largest absolute Gasteiger partial charge is 0.495 e. The first kappa shape index (κ1) is 20.0. The fourth-order valence-corrected chi connectivity index (χ4v) is 2.66. The van der Waals surface area contributed by atoms with E-state index in [1.54, 1.807) is 24.3 Å². The molecule has 29 heavy (non-hydrogen) atoms. The van der Waals surface area contributed by atoms with Crippen LogP contribution in [-0.4, -0.2) is 44.7 Å². The minimum atomic E-state index is -0.670. The molecule has 0 radical (unpaired) electrons. The van der Waals surface area contributed by atoms with Crippen molar-refractivity contribution < 1.29 is 33.3 Å². The van der Waals surface area contributed by atoms with Crippen LogP contribution in [-0.2, 0) is 14.3 Å². The molecule has 2 amide bonds. The monoisotopic (exact) mass is 400 g/mol. The Morgan fingerprint density at radius 1 is 1.00 bits per heavy atom. The number of anilines is 2. The summed E-state index contributed by atoms with van der Waals surface area (Å²) >= 11 is 0. The molecule has 0 spiro atoms. The highest BCUT2D eigenvalue weighted by atomic mass is 16.6. The number of esters is 1. The summed E-state index contributed by atoms with van der Waals surface area (Å²) in [7, 11) is 1.45. The third kappa shape index (κ3) is 5.16. The normalized spacial score (nSPS) is 11.9. The predicted molar refractivity (Wildman–Crippen MR) is 104 cm³/mol. The Bertz CT molecular complexity index is 942. The third-order valence-corrected chi connectivity index (χ3v) is 3.91. The first-order valence-corrected chi connectivity index (χ1v) is 8.78. The second-order valence-electron chi connectivity index (χ2n) is 6.08. The Hall–Kier alpha value is -3.75. The summed E-state index contributed by atoms with van der Waals surface area (Å²) < 4.78 is 21.1. The van der Waals surface area contributed by atoms with Crippen molar-refractivity contribution in [1.29, 1.82) is 0 Å². The quantitative estimate of drug-likeness (QED) is 0.715. The number of amides is 2. The van der Waals surface area contributed by atoms with Crippen LogP contribution in [0.2, 0.25) is 0 Å². The van der Waals surface area contributed by atoms with Crippen LogP contribution in [0.5, 0.6) is 17.2 Å². The van der Waals surface area contributed by atoms with Crippen LogP contribution in [0.3, 0.4) is 0 Å². The van der Waals surface area contributed by atoms with E-state index in [-0.39, 0.29) is 11.5 Å². The van der Waals surface area contributed by atoms with Gasteiger partial charge in [-0.25, -0.2) is 4.79 Å². The van der Waals surface area contributed by atoms with Crippen molar-refractivity contribution in [3.05, 3.63) is 42.0 Å². The molecule has 1 heterocycles. The Morgan fingerprint density at radius 2 is 1.76 bits per heavy atom. The van der Waals surface area contributed by atoms with E-state index in [0.29, 0.717) is 41.8 Å². The van der Waals surface area contributed by atoms with Gasteiger partial charge in [0, 0.05) is 12.6 Å². The maximum absolute atomic E-state index is 12.2. The van der Waals surface area contributed by atoms with E-state index in [1.807, 2.05) is 0 Å². The highest BCUT2D eigenvalue weighted by Crippen LogP contribution is 2.31. The molecule has 152 valence electrons. The van der Waals surface area contributed by atoms with Crippen molar-refractivity contribution in [3.8, 4) is 17.2 Å². The molecule has 0 atom stereocenters. The zero-order chi connectivity index (χ0) is 20.8. The van der Waals surface area contributed by atoms with Gasteiger partial charge in [0.05, 0.1) is 18.4 Å². The number of fused-ring (bicyclic) bond motifs is 1. The van der Waals surface area contributed by atoms with Gasteiger partial charge in [-0.05, 0) is 36.4 Å². The van der Waals surface area contributed by atoms with Gasteiger partial charge in [-0.15, -0.1) is 0 Å². The van der Waals surface area contributed by atoms with Gasteiger partial charge in [-0.1, -0.05) is 0 Å². The van der Waals surface area contributed by atoms with Crippen LogP contribution in [0.25, 0.3) is 0 Å². The van der Waals surface area contributed by atoms with Gasteiger partial charge in [0.1, 0.15) is 19.0 Å². The number of hydrogen-bond acceptors (Lipinski definition) is 7. The molecule has 2 aromatic carbocycles. The first-order chi connectivity index (χ1) is 14.0. The topological polar surface area (TPSA) is 112 Å². The molecule has 9 heteroatoms. The molecular formula is C20H20N2O7. The molecule has 0 saturated heterocycles. The van der Waals surface area contributed by atoms with Crippen molar-refractivity contribution in [1.82, 2.24) is 0 Å². The standard InChI is InChI=1S/C20H20N2O7/c1-12(23)21-14-4-6-16(26-2)15(10-14)22-19(24)11-29-20(25)13-3-5-17-18(9-13)28-8-7-27-17/h3-6,9-10H,7-8,11H2,1-2H3,(H,21,23)(H,22,24). The average molecular weight is 400 g/mol. The smallest absolute Gasteiger partial charge is 0.338 e. The SMILES string of the molecule is COc1ccc(NC(C)=O)cc1NC(=O)COC(=O)c1ccc2c(c1)OCCO2. The highest BCUT2D eigenvalue weighted by molar-refractivity contribution is 5.97. The number of carbonyl (C=O) groups excluding carboxylic acids is 3. The molecule has 0 saturated carbocycles. The van der Waals surface area contributed by atoms with Crippen LogP contribution < -0.4 is 24.8 Å². The summed E-state index contributed by atoms with van der Waals surface area (Å²) in [5, 5.41) is 5.21.